The molecule has 0 radical (unpaired) electrons. The van der Waals surface area contributed by atoms with E-state index in [0.717, 1.165) is 0 Å². The van der Waals surface area contributed by atoms with Gasteiger partial charge in [-0.2, -0.15) is 5.90 Å². The molecule has 7 nitrogen and oxygen atoms in total. The van der Waals surface area contributed by atoms with Gasteiger partial charge in [0.1, 0.15) is 0 Å². The molecule has 0 saturated carbocycles. The Hall–Kier alpha value is -1.80. The summed E-state index contributed by atoms with van der Waals surface area (Å²) < 4.78 is 36.2. The molecule has 1 atom stereocenters. The summed E-state index contributed by atoms with van der Waals surface area (Å²) in [5.41, 5.74) is 0. The first-order valence-electron chi connectivity index (χ1n) is 7.63. The maximum Gasteiger partial charge on any atom is 0.324 e. The molecular weight excluding hydrogens is 334 g/mol. The molecule has 1 aromatic carbocycles. The summed E-state index contributed by atoms with van der Waals surface area (Å²) in [6.07, 6.45) is 0.802. The van der Waals surface area contributed by atoms with Crippen LogP contribution in [0.5, 0.6) is 11.5 Å². The number of ether oxygens (including phenoxy) is 2. The van der Waals surface area contributed by atoms with Crippen LogP contribution in [0.1, 0.15) is 33.1 Å². The average Bonchev–Trinajstić information content (AvgIpc) is 2.56. The van der Waals surface area contributed by atoms with Crippen molar-refractivity contribution in [3.8, 4) is 11.5 Å². The van der Waals surface area contributed by atoms with Gasteiger partial charge in [-0.25, -0.2) is 8.42 Å². The minimum absolute atomic E-state index is 0.0845. The molecule has 0 aliphatic heterocycles. The number of nitrogens with two attached hydrogens (primary N) is 1. The van der Waals surface area contributed by atoms with Crippen LogP contribution in [0.2, 0.25) is 0 Å². The summed E-state index contributed by atoms with van der Waals surface area (Å²) in [6.45, 7) is 3.68. The minimum Gasteiger partial charge on any atom is -0.493 e. The van der Waals surface area contributed by atoms with Crippen LogP contribution >= 0.6 is 0 Å². The molecule has 0 heterocycles. The Morgan fingerprint density at radius 3 is 2.29 bits per heavy atom. The fourth-order valence-corrected chi connectivity index (χ4v) is 4.59. The number of hydrogen-bond acceptors (Lipinski definition) is 7. The normalized spacial score (nSPS) is 12.8. The van der Waals surface area contributed by atoms with Crippen molar-refractivity contribution in [1.29, 1.82) is 0 Å². The summed E-state index contributed by atoms with van der Waals surface area (Å²) in [4.78, 5) is 15.4. The van der Waals surface area contributed by atoms with Gasteiger partial charge in [0.15, 0.2) is 21.3 Å². The lowest BCUT2D eigenvalue weighted by molar-refractivity contribution is -0.144. The molecule has 0 saturated heterocycles. The third-order valence-electron chi connectivity index (χ3n) is 3.83. The van der Waals surface area contributed by atoms with Crippen LogP contribution in [-0.2, 0) is 19.5 Å². The molecule has 0 aliphatic carbocycles. The van der Waals surface area contributed by atoms with Gasteiger partial charge in [-0.15, -0.1) is 0 Å². The van der Waals surface area contributed by atoms with Gasteiger partial charge in [-0.1, -0.05) is 13.8 Å². The number of carbonyl (C=O) groups is 1. The zero-order valence-corrected chi connectivity index (χ0v) is 15.3. The van der Waals surface area contributed by atoms with Crippen molar-refractivity contribution >= 4 is 15.8 Å². The molecule has 1 aromatic rings. The monoisotopic (exact) mass is 359 g/mol. The summed E-state index contributed by atoms with van der Waals surface area (Å²) in [5, 5.41) is -0.624. The van der Waals surface area contributed by atoms with Crippen LogP contribution in [0.25, 0.3) is 0 Å². The molecule has 0 aliphatic rings. The van der Waals surface area contributed by atoms with E-state index in [0.29, 0.717) is 24.3 Å². The summed E-state index contributed by atoms with van der Waals surface area (Å²) >= 11 is 0. The average molecular weight is 359 g/mol. The standard InChI is InChI=1S/C16H25NO6S/c1-11(2)15(6-5-7-16(18)23-17)24(19,20)12-8-9-13(21-3)14(10-12)22-4/h8-11,15H,5-7,17H2,1-4H3/t15-/m0/s1. The molecule has 0 bridgehead atoms. The highest BCUT2D eigenvalue weighted by molar-refractivity contribution is 7.92. The van der Waals surface area contributed by atoms with Gasteiger partial charge in [-0.05, 0) is 30.9 Å². The van der Waals surface area contributed by atoms with Crippen LogP contribution in [0.3, 0.4) is 0 Å². The van der Waals surface area contributed by atoms with E-state index in [2.05, 4.69) is 4.84 Å². The van der Waals surface area contributed by atoms with E-state index in [1.165, 1.54) is 26.4 Å². The molecule has 0 unspecified atom stereocenters. The van der Waals surface area contributed by atoms with E-state index in [-0.39, 0.29) is 17.2 Å². The van der Waals surface area contributed by atoms with Crippen LogP contribution < -0.4 is 15.4 Å². The Kier molecular flexibility index (Phi) is 7.50. The van der Waals surface area contributed by atoms with Crippen molar-refractivity contribution in [3.63, 3.8) is 0 Å². The highest BCUT2D eigenvalue weighted by atomic mass is 32.2. The van der Waals surface area contributed by atoms with Crippen LogP contribution in [0.15, 0.2) is 23.1 Å². The lowest BCUT2D eigenvalue weighted by atomic mass is 10.0. The molecule has 0 fully saturated rings. The number of sulfone groups is 1. The van der Waals surface area contributed by atoms with Crippen molar-refractivity contribution in [2.24, 2.45) is 11.8 Å². The third kappa shape index (κ3) is 4.85. The molecule has 2 N–H and O–H groups in total. The van der Waals surface area contributed by atoms with Gasteiger partial charge in [0.25, 0.3) is 0 Å². The maximum absolute atomic E-state index is 12.9. The van der Waals surface area contributed by atoms with Crippen molar-refractivity contribution in [2.75, 3.05) is 14.2 Å². The van der Waals surface area contributed by atoms with Gasteiger partial charge in [0, 0.05) is 12.5 Å². The Morgan fingerprint density at radius 1 is 1.17 bits per heavy atom. The van der Waals surface area contributed by atoms with Crippen molar-refractivity contribution in [1.82, 2.24) is 0 Å². The van der Waals surface area contributed by atoms with E-state index in [9.17, 15) is 13.2 Å². The lowest BCUT2D eigenvalue weighted by Gasteiger charge is -2.21. The molecule has 1 rings (SSSR count). The first-order chi connectivity index (χ1) is 11.3. The predicted octanol–water partition coefficient (Wildman–Crippen LogP) is 2.09. The zero-order valence-electron chi connectivity index (χ0n) is 14.4. The van der Waals surface area contributed by atoms with Gasteiger partial charge >= 0.3 is 5.97 Å². The second kappa shape index (κ2) is 8.89. The SMILES string of the molecule is COc1ccc(S(=O)(=O)[C@@H](CCCC(=O)ON)C(C)C)cc1OC. The number of methoxy groups -OCH3 is 2. The van der Waals surface area contributed by atoms with Crippen LogP contribution in [-0.4, -0.2) is 33.9 Å². The van der Waals surface area contributed by atoms with E-state index in [4.69, 9.17) is 15.4 Å². The topological polar surface area (TPSA) is 105 Å². The zero-order chi connectivity index (χ0) is 18.3. The van der Waals surface area contributed by atoms with Crippen molar-refractivity contribution < 1.29 is 27.5 Å². The van der Waals surface area contributed by atoms with Crippen LogP contribution in [0.4, 0.5) is 0 Å². The summed E-state index contributed by atoms with van der Waals surface area (Å²) in [6, 6.07) is 4.52. The third-order valence-corrected chi connectivity index (χ3v) is 6.31. The van der Waals surface area contributed by atoms with E-state index < -0.39 is 21.1 Å². The molecule has 8 heteroatoms. The fourth-order valence-electron chi connectivity index (χ4n) is 2.52. The van der Waals surface area contributed by atoms with Gasteiger partial charge in [0.2, 0.25) is 0 Å². The quantitative estimate of drug-likeness (QED) is 0.673. The van der Waals surface area contributed by atoms with Gasteiger partial charge in [-0.3, -0.25) is 4.79 Å². The number of benzene rings is 1. The maximum atomic E-state index is 12.9. The molecule has 24 heavy (non-hydrogen) atoms. The number of rotatable bonds is 9. The van der Waals surface area contributed by atoms with E-state index in [1.54, 1.807) is 6.07 Å². The fraction of sp³-hybridized carbons (Fsp3) is 0.562. The first kappa shape index (κ1) is 20.2. The van der Waals surface area contributed by atoms with Gasteiger partial charge < -0.3 is 14.3 Å². The molecule has 0 aromatic heterocycles. The second-order valence-electron chi connectivity index (χ2n) is 5.73. The second-order valence-corrected chi connectivity index (χ2v) is 7.89. The predicted molar refractivity (Wildman–Crippen MR) is 89.5 cm³/mol. The minimum atomic E-state index is -3.58. The number of hydrogen-bond donors (Lipinski definition) is 1. The molecular formula is C16H25NO6S. The van der Waals surface area contributed by atoms with Crippen molar-refractivity contribution in [2.45, 2.75) is 43.3 Å². The summed E-state index contributed by atoms with van der Waals surface area (Å²) in [7, 11) is -0.645. The molecule has 0 amide bonds. The van der Waals surface area contributed by atoms with Crippen LogP contribution in [0, 0.1) is 5.92 Å². The number of carbonyl (C=O) groups excluding carboxylic acids is 1. The highest BCUT2D eigenvalue weighted by Crippen LogP contribution is 2.33. The Morgan fingerprint density at radius 2 is 1.79 bits per heavy atom. The first-order valence-corrected chi connectivity index (χ1v) is 9.18. The van der Waals surface area contributed by atoms with Gasteiger partial charge in [0.05, 0.1) is 24.4 Å². The van der Waals surface area contributed by atoms with E-state index in [1.807, 2.05) is 13.8 Å². The smallest absolute Gasteiger partial charge is 0.324 e. The lowest BCUT2D eigenvalue weighted by Crippen LogP contribution is -2.27. The van der Waals surface area contributed by atoms with Crippen molar-refractivity contribution in [3.05, 3.63) is 18.2 Å². The Labute approximate surface area is 143 Å². The molecule has 0 spiro atoms. The highest BCUT2D eigenvalue weighted by Gasteiger charge is 2.31. The molecule has 136 valence electrons. The van der Waals surface area contributed by atoms with E-state index >= 15 is 0 Å². The Bertz CT molecular complexity index is 657. The largest absolute Gasteiger partial charge is 0.493 e. The summed E-state index contributed by atoms with van der Waals surface area (Å²) in [5.74, 6) is 4.94. The Balaban J connectivity index is 3.06.